The monoisotopic (exact) mass is 411 g/mol. The number of aromatic amines is 1. The molecule has 0 bridgehead atoms. The van der Waals surface area contributed by atoms with Crippen molar-refractivity contribution in [1.29, 1.82) is 0 Å². The Morgan fingerprint density at radius 3 is 2.59 bits per heavy atom. The minimum absolute atomic E-state index is 0.156. The number of aromatic nitrogens is 2. The molecule has 0 atom stereocenters. The molecule has 150 valence electrons. The summed E-state index contributed by atoms with van der Waals surface area (Å²) < 4.78 is 5.27. The summed E-state index contributed by atoms with van der Waals surface area (Å²) in [7, 11) is 0. The van der Waals surface area contributed by atoms with Gasteiger partial charge in [0, 0.05) is 28.9 Å². The topological polar surface area (TPSA) is 79.2 Å². The number of H-pyrrole nitrogens is 1. The number of fused-ring (bicyclic) bond motifs is 1. The van der Waals surface area contributed by atoms with Crippen LogP contribution in [-0.4, -0.2) is 27.5 Å². The highest BCUT2D eigenvalue weighted by Crippen LogP contribution is 2.38. The van der Waals surface area contributed by atoms with E-state index in [9.17, 15) is 9.59 Å². The second-order valence-corrected chi connectivity index (χ2v) is 7.96. The van der Waals surface area contributed by atoms with Crippen molar-refractivity contribution in [2.45, 2.75) is 40.7 Å². The summed E-state index contributed by atoms with van der Waals surface area (Å²) in [5.74, 6) is 0.496. The second-order valence-electron chi connectivity index (χ2n) is 7.58. The van der Waals surface area contributed by atoms with Crippen LogP contribution in [0.1, 0.15) is 44.2 Å². The third-order valence-electron chi connectivity index (χ3n) is 5.53. The van der Waals surface area contributed by atoms with Gasteiger partial charge in [-0.15, -0.1) is 0 Å². The molecule has 1 aliphatic rings. The molecule has 0 unspecified atom stereocenters. The fourth-order valence-corrected chi connectivity index (χ4v) is 4.41. The van der Waals surface area contributed by atoms with Gasteiger partial charge in [0.05, 0.1) is 22.8 Å². The van der Waals surface area contributed by atoms with Crippen molar-refractivity contribution in [3.8, 4) is 11.1 Å². The summed E-state index contributed by atoms with van der Waals surface area (Å²) in [6.07, 6.45) is 0.686. The van der Waals surface area contributed by atoms with E-state index in [1.165, 1.54) is 0 Å². The maximum atomic E-state index is 13.3. The van der Waals surface area contributed by atoms with Gasteiger partial charge in [0.25, 0.3) is 11.5 Å². The third kappa shape index (κ3) is 3.27. The summed E-state index contributed by atoms with van der Waals surface area (Å²) in [5.41, 5.74) is 5.82. The molecule has 0 saturated heterocycles. The number of hydrogen-bond acceptors (Lipinski definition) is 4. The molecule has 0 aliphatic carbocycles. The zero-order chi connectivity index (χ0) is 20.9. The van der Waals surface area contributed by atoms with Crippen molar-refractivity contribution in [1.82, 2.24) is 15.0 Å². The lowest BCUT2D eigenvalue weighted by molar-refractivity contribution is 0.0726. The Bertz CT molecular complexity index is 1170. The Balaban J connectivity index is 1.74. The molecule has 1 amide bonds. The van der Waals surface area contributed by atoms with Crippen molar-refractivity contribution in [2.24, 2.45) is 0 Å². The maximum Gasteiger partial charge on any atom is 0.255 e. The highest BCUT2D eigenvalue weighted by Gasteiger charge is 2.30. The summed E-state index contributed by atoms with van der Waals surface area (Å²) in [6, 6.07) is 5.79. The normalized spacial score (nSPS) is 13.7. The van der Waals surface area contributed by atoms with Gasteiger partial charge in [0.1, 0.15) is 5.76 Å². The molecular formula is C22H22ClN3O3. The molecule has 1 aromatic carbocycles. The zero-order valence-corrected chi connectivity index (χ0v) is 17.6. The number of nitrogens with zero attached hydrogens (tertiary/aromatic N) is 2. The van der Waals surface area contributed by atoms with Crippen LogP contribution in [0.25, 0.3) is 11.1 Å². The highest BCUT2D eigenvalue weighted by molar-refractivity contribution is 6.37. The van der Waals surface area contributed by atoms with Gasteiger partial charge in [0.15, 0.2) is 0 Å². The van der Waals surface area contributed by atoms with Crippen molar-refractivity contribution in [2.75, 3.05) is 6.54 Å². The minimum atomic E-state index is -0.163. The Morgan fingerprint density at radius 1 is 1.17 bits per heavy atom. The molecule has 3 heterocycles. The largest absolute Gasteiger partial charge is 0.361 e. The Labute approximate surface area is 173 Å². The molecule has 0 spiro atoms. The van der Waals surface area contributed by atoms with Gasteiger partial charge in [-0.25, -0.2) is 0 Å². The predicted molar refractivity (Wildman–Crippen MR) is 111 cm³/mol. The van der Waals surface area contributed by atoms with Crippen LogP contribution in [0, 0.1) is 27.7 Å². The van der Waals surface area contributed by atoms with Crippen LogP contribution < -0.4 is 5.56 Å². The molecule has 4 rings (SSSR count). The Morgan fingerprint density at radius 2 is 1.93 bits per heavy atom. The van der Waals surface area contributed by atoms with E-state index in [-0.39, 0.29) is 18.0 Å². The first-order chi connectivity index (χ1) is 13.8. The number of benzene rings is 1. The number of aryl methyl sites for hydroxylation is 4. The number of halogens is 1. The van der Waals surface area contributed by atoms with Gasteiger partial charge in [-0.2, -0.15) is 0 Å². The SMILES string of the molecule is Cc1cc(C)c(CN2CCc3ccc(-c4c(C)noc4C)c(Cl)c3C2=O)c(=O)[nH]1. The molecule has 0 saturated carbocycles. The third-order valence-corrected chi connectivity index (χ3v) is 5.92. The predicted octanol–water partition coefficient (Wildman–Crippen LogP) is 4.12. The van der Waals surface area contributed by atoms with Crippen LogP contribution in [0.15, 0.2) is 27.5 Å². The van der Waals surface area contributed by atoms with E-state index in [0.29, 0.717) is 34.9 Å². The number of rotatable bonds is 3. The van der Waals surface area contributed by atoms with Crippen LogP contribution in [0.5, 0.6) is 0 Å². The fourth-order valence-electron chi connectivity index (χ4n) is 4.05. The van der Waals surface area contributed by atoms with Gasteiger partial charge in [-0.3, -0.25) is 9.59 Å². The molecule has 29 heavy (non-hydrogen) atoms. The lowest BCUT2D eigenvalue weighted by Gasteiger charge is -2.30. The molecule has 3 aromatic rings. The zero-order valence-electron chi connectivity index (χ0n) is 16.9. The number of nitrogens with one attached hydrogen (secondary N) is 1. The molecule has 6 nitrogen and oxygen atoms in total. The molecule has 0 radical (unpaired) electrons. The van der Waals surface area contributed by atoms with E-state index in [4.69, 9.17) is 16.1 Å². The average molecular weight is 412 g/mol. The van der Waals surface area contributed by atoms with E-state index in [1.807, 2.05) is 45.9 Å². The Kier molecular flexibility index (Phi) is 4.82. The Hall–Kier alpha value is -2.86. The maximum absolute atomic E-state index is 13.3. The van der Waals surface area contributed by atoms with Gasteiger partial charge < -0.3 is 14.4 Å². The van der Waals surface area contributed by atoms with Crippen LogP contribution in [0.2, 0.25) is 5.02 Å². The lowest BCUT2D eigenvalue weighted by atomic mass is 9.93. The van der Waals surface area contributed by atoms with Crippen LogP contribution in [0.4, 0.5) is 0 Å². The van der Waals surface area contributed by atoms with Crippen molar-refractivity contribution in [3.63, 3.8) is 0 Å². The van der Waals surface area contributed by atoms with E-state index < -0.39 is 0 Å². The molecule has 1 aliphatic heterocycles. The van der Waals surface area contributed by atoms with E-state index in [0.717, 1.165) is 33.6 Å². The minimum Gasteiger partial charge on any atom is -0.361 e. The molecule has 1 N–H and O–H groups in total. The van der Waals surface area contributed by atoms with E-state index in [1.54, 1.807) is 4.90 Å². The van der Waals surface area contributed by atoms with E-state index >= 15 is 0 Å². The summed E-state index contributed by atoms with van der Waals surface area (Å²) in [4.78, 5) is 30.2. The van der Waals surface area contributed by atoms with Crippen molar-refractivity contribution >= 4 is 17.5 Å². The van der Waals surface area contributed by atoms with Crippen LogP contribution >= 0.6 is 11.6 Å². The van der Waals surface area contributed by atoms with Gasteiger partial charge in [-0.05, 0) is 51.3 Å². The molecule has 7 heteroatoms. The number of hydrogen-bond donors (Lipinski definition) is 1. The number of pyridine rings is 1. The van der Waals surface area contributed by atoms with Crippen LogP contribution in [-0.2, 0) is 13.0 Å². The number of carbonyl (C=O) groups excluding carboxylic acids is 1. The quantitative estimate of drug-likeness (QED) is 0.703. The lowest BCUT2D eigenvalue weighted by Crippen LogP contribution is -2.39. The summed E-state index contributed by atoms with van der Waals surface area (Å²) in [5, 5.41) is 4.40. The molecule has 0 fully saturated rings. The number of amides is 1. The van der Waals surface area contributed by atoms with Gasteiger partial charge in [-0.1, -0.05) is 28.9 Å². The fraction of sp³-hybridized carbons (Fsp3) is 0.318. The van der Waals surface area contributed by atoms with Gasteiger partial charge in [0.2, 0.25) is 0 Å². The van der Waals surface area contributed by atoms with E-state index in [2.05, 4.69) is 10.1 Å². The van der Waals surface area contributed by atoms with Crippen molar-refractivity contribution < 1.29 is 9.32 Å². The average Bonchev–Trinajstić information content (AvgIpc) is 2.98. The first kappa shape index (κ1) is 19.5. The van der Waals surface area contributed by atoms with Gasteiger partial charge >= 0.3 is 0 Å². The first-order valence-corrected chi connectivity index (χ1v) is 9.89. The molecule has 2 aromatic heterocycles. The van der Waals surface area contributed by atoms with Crippen molar-refractivity contribution in [3.05, 3.63) is 73.0 Å². The van der Waals surface area contributed by atoms with Crippen LogP contribution in [0.3, 0.4) is 0 Å². The smallest absolute Gasteiger partial charge is 0.255 e. The standard InChI is InChI=1S/C22H22ClN3O3/c1-11-9-12(2)24-21(27)17(11)10-26-8-7-15-5-6-16(20(23)19(15)22(26)28)18-13(3)25-29-14(18)4/h5-6,9H,7-8,10H2,1-4H3,(H,24,27). The second kappa shape index (κ2) is 7.19. The highest BCUT2D eigenvalue weighted by atomic mass is 35.5. The summed E-state index contributed by atoms with van der Waals surface area (Å²) in [6.45, 7) is 8.21. The first-order valence-electron chi connectivity index (χ1n) is 9.51. The number of carbonyl (C=O) groups is 1. The summed E-state index contributed by atoms with van der Waals surface area (Å²) >= 11 is 6.72. The molecular weight excluding hydrogens is 390 g/mol.